The van der Waals surface area contributed by atoms with Gasteiger partial charge in [-0.2, -0.15) is 13.2 Å². The van der Waals surface area contributed by atoms with Crippen molar-refractivity contribution < 1.29 is 18.0 Å². The predicted octanol–water partition coefficient (Wildman–Crippen LogP) is 2.16. The van der Waals surface area contributed by atoms with Crippen LogP contribution in [-0.4, -0.2) is 12.5 Å². The fraction of sp³-hybridized carbons (Fsp3) is 0.833. The van der Waals surface area contributed by atoms with Crippen molar-refractivity contribution in [1.82, 2.24) is 0 Å². The van der Waals surface area contributed by atoms with Gasteiger partial charge in [-0.1, -0.05) is 6.92 Å². The molecule has 1 unspecified atom stereocenters. The minimum atomic E-state index is -4.14. The zero-order chi connectivity index (χ0) is 8.20. The molecule has 0 aromatic rings. The van der Waals surface area contributed by atoms with Crippen molar-refractivity contribution in [1.29, 1.82) is 0 Å². The molecule has 0 bridgehead atoms. The first-order valence-corrected chi connectivity index (χ1v) is 2.96. The fourth-order valence-corrected chi connectivity index (χ4v) is 0.643. The molecule has 10 heavy (non-hydrogen) atoms. The van der Waals surface area contributed by atoms with Gasteiger partial charge in [0.05, 0.1) is 0 Å². The predicted molar refractivity (Wildman–Crippen MR) is 30.5 cm³/mol. The molecule has 0 spiro atoms. The van der Waals surface area contributed by atoms with Crippen LogP contribution in [0.1, 0.15) is 19.8 Å². The van der Waals surface area contributed by atoms with Crippen LogP contribution in [0.4, 0.5) is 13.2 Å². The van der Waals surface area contributed by atoms with E-state index in [0.29, 0.717) is 6.29 Å². The van der Waals surface area contributed by atoms with E-state index in [9.17, 15) is 18.0 Å². The Hall–Kier alpha value is -0.540. The summed E-state index contributed by atoms with van der Waals surface area (Å²) in [6, 6.07) is 0. The third kappa shape index (κ3) is 5.59. The van der Waals surface area contributed by atoms with Crippen LogP contribution in [0.2, 0.25) is 0 Å². The summed E-state index contributed by atoms with van der Waals surface area (Å²) in [5.41, 5.74) is 0. The maximum Gasteiger partial charge on any atom is 0.389 e. The normalized spacial score (nSPS) is 14.8. The Morgan fingerprint density at radius 1 is 1.50 bits per heavy atom. The van der Waals surface area contributed by atoms with Gasteiger partial charge in [0.2, 0.25) is 0 Å². The number of aldehydes is 1. The van der Waals surface area contributed by atoms with Crippen molar-refractivity contribution >= 4 is 6.29 Å². The summed E-state index contributed by atoms with van der Waals surface area (Å²) in [5.74, 6) is -0.586. The van der Waals surface area contributed by atoms with Gasteiger partial charge in [0.25, 0.3) is 0 Å². The summed E-state index contributed by atoms with van der Waals surface area (Å²) in [4.78, 5) is 9.73. The van der Waals surface area contributed by atoms with Gasteiger partial charge in [0.15, 0.2) is 0 Å². The lowest BCUT2D eigenvalue weighted by Crippen LogP contribution is -2.13. The summed E-state index contributed by atoms with van der Waals surface area (Å²) in [6.45, 7) is 1.40. The molecule has 60 valence electrons. The van der Waals surface area contributed by atoms with E-state index >= 15 is 0 Å². The highest BCUT2D eigenvalue weighted by Crippen LogP contribution is 2.25. The fourth-order valence-electron chi connectivity index (χ4n) is 0.643. The number of hydrogen-bond donors (Lipinski definition) is 0. The van der Waals surface area contributed by atoms with Gasteiger partial charge in [-0.05, 0) is 5.92 Å². The Bertz CT molecular complexity index is 108. The second-order valence-electron chi connectivity index (χ2n) is 2.33. The quantitative estimate of drug-likeness (QED) is 0.569. The van der Waals surface area contributed by atoms with E-state index in [1.54, 1.807) is 0 Å². The molecule has 0 amide bonds. The summed E-state index contributed by atoms with van der Waals surface area (Å²) in [5, 5.41) is 0. The summed E-state index contributed by atoms with van der Waals surface area (Å²) in [6.07, 6.45) is -4.51. The molecule has 0 aromatic heterocycles. The Labute approximate surface area is 57.2 Å². The molecule has 1 nitrogen and oxygen atoms in total. The van der Waals surface area contributed by atoms with E-state index < -0.39 is 18.5 Å². The van der Waals surface area contributed by atoms with Crippen LogP contribution >= 0.6 is 0 Å². The van der Waals surface area contributed by atoms with E-state index in [0.717, 1.165) is 0 Å². The van der Waals surface area contributed by atoms with Crippen molar-refractivity contribution in [2.24, 2.45) is 5.92 Å². The number of carbonyl (C=O) groups excluding carboxylic acids is 1. The van der Waals surface area contributed by atoms with Crippen molar-refractivity contribution in [2.75, 3.05) is 0 Å². The van der Waals surface area contributed by atoms with Crippen molar-refractivity contribution in [3.63, 3.8) is 0 Å². The van der Waals surface area contributed by atoms with Crippen molar-refractivity contribution in [3.05, 3.63) is 0 Å². The second kappa shape index (κ2) is 3.58. The highest BCUT2D eigenvalue weighted by atomic mass is 19.4. The summed E-state index contributed by atoms with van der Waals surface area (Å²) < 4.78 is 34.5. The smallest absolute Gasteiger partial charge is 0.303 e. The van der Waals surface area contributed by atoms with Gasteiger partial charge < -0.3 is 4.79 Å². The molecule has 0 radical (unpaired) electrons. The molecule has 0 aliphatic rings. The summed E-state index contributed by atoms with van der Waals surface area (Å²) in [7, 11) is 0. The van der Waals surface area contributed by atoms with Crippen LogP contribution in [-0.2, 0) is 4.79 Å². The van der Waals surface area contributed by atoms with Crippen LogP contribution in [0.15, 0.2) is 0 Å². The molecular weight excluding hydrogens is 145 g/mol. The molecule has 0 rings (SSSR count). The monoisotopic (exact) mass is 154 g/mol. The highest BCUT2D eigenvalue weighted by molar-refractivity contribution is 5.49. The van der Waals surface area contributed by atoms with Gasteiger partial charge in [0, 0.05) is 12.8 Å². The van der Waals surface area contributed by atoms with Crippen molar-refractivity contribution in [2.45, 2.75) is 25.9 Å². The Balaban J connectivity index is 3.56. The standard InChI is InChI=1S/C6H9F3O/c1-5(2-3-10)4-6(7,8)9/h3,5H,2,4H2,1H3. The van der Waals surface area contributed by atoms with Crippen molar-refractivity contribution in [3.8, 4) is 0 Å². The maximum atomic E-state index is 11.5. The molecule has 0 aliphatic carbocycles. The Morgan fingerprint density at radius 3 is 2.30 bits per heavy atom. The van der Waals surface area contributed by atoms with Gasteiger partial charge in [-0.3, -0.25) is 0 Å². The lowest BCUT2D eigenvalue weighted by molar-refractivity contribution is -0.144. The van der Waals surface area contributed by atoms with E-state index in [-0.39, 0.29) is 6.42 Å². The van der Waals surface area contributed by atoms with Gasteiger partial charge in [0.1, 0.15) is 6.29 Å². The number of hydrogen-bond acceptors (Lipinski definition) is 1. The second-order valence-corrected chi connectivity index (χ2v) is 2.33. The van der Waals surface area contributed by atoms with Gasteiger partial charge in [-0.15, -0.1) is 0 Å². The molecule has 0 aromatic carbocycles. The minimum Gasteiger partial charge on any atom is -0.303 e. The Morgan fingerprint density at radius 2 is 2.00 bits per heavy atom. The molecule has 0 N–H and O–H groups in total. The Kier molecular flexibility index (Phi) is 3.39. The topological polar surface area (TPSA) is 17.1 Å². The summed E-state index contributed by atoms with van der Waals surface area (Å²) >= 11 is 0. The van der Waals surface area contributed by atoms with Gasteiger partial charge >= 0.3 is 6.18 Å². The largest absolute Gasteiger partial charge is 0.389 e. The molecule has 0 aliphatic heterocycles. The van der Waals surface area contributed by atoms with E-state index in [1.165, 1.54) is 6.92 Å². The van der Waals surface area contributed by atoms with E-state index in [1.807, 2.05) is 0 Å². The zero-order valence-electron chi connectivity index (χ0n) is 5.61. The minimum absolute atomic E-state index is 0.0144. The average Bonchev–Trinajstić information content (AvgIpc) is 1.59. The van der Waals surface area contributed by atoms with Crippen LogP contribution in [0.25, 0.3) is 0 Å². The molecular formula is C6H9F3O. The molecule has 0 saturated carbocycles. The van der Waals surface area contributed by atoms with Crippen LogP contribution in [0.5, 0.6) is 0 Å². The number of halogens is 3. The first kappa shape index (κ1) is 9.46. The lowest BCUT2D eigenvalue weighted by atomic mass is 10.1. The van der Waals surface area contributed by atoms with Gasteiger partial charge in [-0.25, -0.2) is 0 Å². The first-order chi connectivity index (χ1) is 4.45. The van der Waals surface area contributed by atoms with Crippen LogP contribution in [0, 0.1) is 5.92 Å². The number of rotatable bonds is 3. The van der Waals surface area contributed by atoms with Crippen LogP contribution in [0.3, 0.4) is 0 Å². The highest BCUT2D eigenvalue weighted by Gasteiger charge is 2.29. The SMILES string of the molecule is CC(CC=O)CC(F)(F)F. The third-order valence-electron chi connectivity index (χ3n) is 1.08. The number of alkyl halides is 3. The van der Waals surface area contributed by atoms with E-state index in [2.05, 4.69) is 0 Å². The average molecular weight is 154 g/mol. The first-order valence-electron chi connectivity index (χ1n) is 2.96. The molecule has 0 fully saturated rings. The van der Waals surface area contributed by atoms with E-state index in [4.69, 9.17) is 0 Å². The molecule has 0 saturated heterocycles. The molecule has 4 heteroatoms. The zero-order valence-corrected chi connectivity index (χ0v) is 5.61. The third-order valence-corrected chi connectivity index (χ3v) is 1.08. The lowest BCUT2D eigenvalue weighted by Gasteiger charge is -2.09. The molecule has 1 atom stereocenters. The maximum absolute atomic E-state index is 11.5. The van der Waals surface area contributed by atoms with Crippen LogP contribution < -0.4 is 0 Å². The number of carbonyl (C=O) groups is 1. The molecule has 0 heterocycles.